The van der Waals surface area contributed by atoms with Crippen molar-refractivity contribution >= 4 is 54.4 Å². The molecule has 2 nitrogen and oxygen atoms in total. The van der Waals surface area contributed by atoms with Gasteiger partial charge in [-0.3, -0.25) is 0 Å². The smallest absolute Gasteiger partial charge is 0.0622 e. The quantitative estimate of drug-likeness (QED) is 0.180. The Balaban J connectivity index is 1.17. The molecule has 0 saturated heterocycles. The molecule has 1 aliphatic rings. The van der Waals surface area contributed by atoms with Gasteiger partial charge in [-0.05, 0) is 81.7 Å². The van der Waals surface area contributed by atoms with Gasteiger partial charge in [0.2, 0.25) is 0 Å². The van der Waals surface area contributed by atoms with Gasteiger partial charge in [0.25, 0.3) is 0 Å². The maximum atomic E-state index is 2.49. The summed E-state index contributed by atoms with van der Waals surface area (Å²) in [7, 11) is 0. The first-order valence-corrected chi connectivity index (χ1v) is 17.9. The molecule has 51 heavy (non-hydrogen) atoms. The zero-order valence-electron chi connectivity index (χ0n) is 28.6. The fourth-order valence-corrected chi connectivity index (χ4v) is 9.13. The van der Waals surface area contributed by atoms with Gasteiger partial charge in [-0.1, -0.05) is 135 Å². The minimum Gasteiger partial charge on any atom is -0.309 e. The first-order chi connectivity index (χ1) is 25.1. The third-order valence-corrected chi connectivity index (χ3v) is 11.5. The van der Waals surface area contributed by atoms with E-state index in [4.69, 9.17) is 0 Å². The third kappa shape index (κ3) is 3.88. The molecule has 0 N–H and O–H groups in total. The van der Waals surface area contributed by atoms with Crippen molar-refractivity contribution in [1.29, 1.82) is 0 Å². The van der Waals surface area contributed by atoms with E-state index in [-0.39, 0.29) is 5.41 Å². The van der Waals surface area contributed by atoms with E-state index >= 15 is 0 Å². The van der Waals surface area contributed by atoms with Crippen LogP contribution in [0.1, 0.15) is 25.0 Å². The molecule has 0 aliphatic heterocycles. The van der Waals surface area contributed by atoms with E-state index in [1.807, 2.05) is 0 Å². The lowest BCUT2D eigenvalue weighted by molar-refractivity contribution is 0.661. The van der Waals surface area contributed by atoms with Gasteiger partial charge < -0.3 is 9.13 Å². The molecule has 0 atom stereocenters. The molecular weight excluding hydrogens is 617 g/mol. The molecule has 0 unspecified atom stereocenters. The first-order valence-electron chi connectivity index (χ1n) is 17.9. The summed E-state index contributed by atoms with van der Waals surface area (Å²) in [5.74, 6) is 0. The second-order valence-corrected chi connectivity index (χ2v) is 14.5. The Bertz CT molecular complexity index is 3040. The standard InChI is InChI=1S/C49H34N2/c1-49(2)41-20-10-8-19-38(41)47-42(49)26-25-37-40-30-33(23-27-45(40)50(48(37)47)34-15-4-3-5-16-34)32-24-28-46-39(29-32)36-18-9-11-21-44(36)51(46)43-22-12-14-31-13-6-7-17-35(31)43/h3-30H,1-2H3. The van der Waals surface area contributed by atoms with Crippen LogP contribution in [-0.4, -0.2) is 9.13 Å². The number of aromatic nitrogens is 2. The van der Waals surface area contributed by atoms with E-state index in [2.05, 4.69) is 193 Å². The first kappa shape index (κ1) is 28.5. The van der Waals surface area contributed by atoms with Crippen molar-refractivity contribution < 1.29 is 0 Å². The highest BCUT2D eigenvalue weighted by Crippen LogP contribution is 2.53. The van der Waals surface area contributed by atoms with E-state index in [1.165, 1.54) is 99.1 Å². The molecule has 0 radical (unpaired) electrons. The molecule has 0 bridgehead atoms. The molecule has 8 aromatic carbocycles. The summed E-state index contributed by atoms with van der Waals surface area (Å²) in [6.07, 6.45) is 0. The zero-order valence-corrected chi connectivity index (χ0v) is 28.6. The summed E-state index contributed by atoms with van der Waals surface area (Å²) in [4.78, 5) is 0. The Morgan fingerprint density at radius 2 is 1.04 bits per heavy atom. The Morgan fingerprint density at radius 3 is 1.86 bits per heavy atom. The van der Waals surface area contributed by atoms with Crippen LogP contribution in [0.2, 0.25) is 0 Å². The van der Waals surface area contributed by atoms with Crippen molar-refractivity contribution in [2.24, 2.45) is 0 Å². The van der Waals surface area contributed by atoms with Crippen LogP contribution >= 0.6 is 0 Å². The number of hydrogen-bond donors (Lipinski definition) is 0. The summed E-state index contributed by atoms with van der Waals surface area (Å²) in [5, 5.41) is 7.59. The van der Waals surface area contributed by atoms with Crippen LogP contribution in [0.25, 0.3) is 88.0 Å². The maximum Gasteiger partial charge on any atom is 0.0622 e. The predicted molar refractivity (Wildman–Crippen MR) is 216 cm³/mol. The minimum atomic E-state index is -0.0656. The SMILES string of the molecule is CC1(C)c2ccccc2-c2c1ccc1c3cc(-c4ccc5c(c4)c4ccccc4n5-c4cccc5ccccc45)ccc3n(-c3ccccc3)c21. The van der Waals surface area contributed by atoms with Gasteiger partial charge >= 0.3 is 0 Å². The molecule has 0 spiro atoms. The van der Waals surface area contributed by atoms with E-state index in [0.717, 1.165) is 0 Å². The highest BCUT2D eigenvalue weighted by Gasteiger charge is 2.37. The summed E-state index contributed by atoms with van der Waals surface area (Å²) in [6, 6.07) is 62.8. The average molecular weight is 651 g/mol. The van der Waals surface area contributed by atoms with Gasteiger partial charge in [-0.25, -0.2) is 0 Å². The van der Waals surface area contributed by atoms with Crippen molar-refractivity contribution in [3.8, 4) is 33.6 Å². The molecule has 1 aliphatic carbocycles. The third-order valence-electron chi connectivity index (χ3n) is 11.5. The maximum absolute atomic E-state index is 2.49. The zero-order chi connectivity index (χ0) is 33.8. The van der Waals surface area contributed by atoms with Crippen LogP contribution in [0.3, 0.4) is 0 Å². The van der Waals surface area contributed by atoms with Crippen molar-refractivity contribution in [3.63, 3.8) is 0 Å². The minimum absolute atomic E-state index is 0.0656. The Labute approximate surface area is 296 Å². The Morgan fingerprint density at radius 1 is 0.412 bits per heavy atom. The Hall–Kier alpha value is -6.38. The second kappa shape index (κ2) is 10.3. The van der Waals surface area contributed by atoms with Crippen LogP contribution in [0, 0.1) is 0 Å². The molecule has 2 heterocycles. The monoisotopic (exact) mass is 650 g/mol. The molecule has 0 amide bonds. The van der Waals surface area contributed by atoms with Gasteiger partial charge in [-0.15, -0.1) is 0 Å². The van der Waals surface area contributed by atoms with Gasteiger partial charge in [0.15, 0.2) is 0 Å². The highest BCUT2D eigenvalue weighted by atomic mass is 15.0. The topological polar surface area (TPSA) is 9.86 Å². The van der Waals surface area contributed by atoms with Crippen LogP contribution < -0.4 is 0 Å². The molecule has 11 rings (SSSR count). The molecular formula is C49H34N2. The van der Waals surface area contributed by atoms with Crippen LogP contribution in [-0.2, 0) is 5.41 Å². The second-order valence-electron chi connectivity index (χ2n) is 14.5. The van der Waals surface area contributed by atoms with E-state index < -0.39 is 0 Å². The number of hydrogen-bond acceptors (Lipinski definition) is 0. The summed E-state index contributed by atoms with van der Waals surface area (Å²) in [5.41, 5.74) is 15.2. The Kier molecular flexibility index (Phi) is 5.76. The number of para-hydroxylation sites is 2. The predicted octanol–water partition coefficient (Wildman–Crippen LogP) is 13.0. The van der Waals surface area contributed by atoms with E-state index in [1.54, 1.807) is 0 Å². The average Bonchev–Trinajstić information content (AvgIpc) is 3.77. The lowest BCUT2D eigenvalue weighted by Crippen LogP contribution is -2.14. The normalized spacial score (nSPS) is 13.5. The van der Waals surface area contributed by atoms with Crippen molar-refractivity contribution in [2.45, 2.75) is 19.3 Å². The van der Waals surface area contributed by atoms with E-state index in [9.17, 15) is 0 Å². The van der Waals surface area contributed by atoms with Gasteiger partial charge in [-0.2, -0.15) is 0 Å². The number of fused-ring (bicyclic) bond motifs is 11. The number of rotatable bonds is 3. The molecule has 2 aromatic heterocycles. The van der Waals surface area contributed by atoms with Gasteiger partial charge in [0.1, 0.15) is 0 Å². The summed E-state index contributed by atoms with van der Waals surface area (Å²) >= 11 is 0. The lowest BCUT2D eigenvalue weighted by Gasteiger charge is -2.21. The van der Waals surface area contributed by atoms with Gasteiger partial charge in [0, 0.05) is 43.6 Å². The van der Waals surface area contributed by atoms with Crippen molar-refractivity contribution in [3.05, 3.63) is 181 Å². The fourth-order valence-electron chi connectivity index (χ4n) is 9.13. The fraction of sp³-hybridized carbons (Fsp3) is 0.0612. The summed E-state index contributed by atoms with van der Waals surface area (Å²) in [6.45, 7) is 4.73. The van der Waals surface area contributed by atoms with Crippen molar-refractivity contribution in [2.75, 3.05) is 0 Å². The largest absolute Gasteiger partial charge is 0.309 e. The van der Waals surface area contributed by atoms with Crippen LogP contribution in [0.15, 0.2) is 170 Å². The molecule has 240 valence electrons. The van der Waals surface area contributed by atoms with E-state index in [0.29, 0.717) is 0 Å². The van der Waals surface area contributed by atoms with Crippen LogP contribution in [0.5, 0.6) is 0 Å². The lowest BCUT2D eigenvalue weighted by atomic mass is 9.82. The molecule has 0 fully saturated rings. The summed E-state index contributed by atoms with van der Waals surface area (Å²) < 4.78 is 4.93. The number of nitrogens with zero attached hydrogens (tertiary/aromatic N) is 2. The molecule has 0 saturated carbocycles. The van der Waals surface area contributed by atoms with Crippen LogP contribution in [0.4, 0.5) is 0 Å². The number of benzene rings is 8. The van der Waals surface area contributed by atoms with Crippen molar-refractivity contribution in [1.82, 2.24) is 9.13 Å². The highest BCUT2D eigenvalue weighted by molar-refractivity contribution is 6.17. The molecule has 2 heteroatoms. The van der Waals surface area contributed by atoms with Gasteiger partial charge in [0.05, 0.1) is 27.8 Å². The molecule has 10 aromatic rings.